The minimum atomic E-state index is 0.0309. The Balaban J connectivity index is 1.87. The molecule has 0 spiro atoms. The van der Waals surface area contributed by atoms with E-state index in [1.165, 1.54) is 57.8 Å². The molecular weight excluding hydrogens is 230 g/mol. The van der Waals surface area contributed by atoms with E-state index < -0.39 is 0 Å². The molecule has 1 heteroatoms. The highest BCUT2D eigenvalue weighted by Crippen LogP contribution is 2.47. The molecule has 0 radical (unpaired) electrons. The van der Waals surface area contributed by atoms with Gasteiger partial charge in [0.25, 0.3) is 0 Å². The van der Waals surface area contributed by atoms with Crippen molar-refractivity contribution in [1.82, 2.24) is 0 Å². The fraction of sp³-hybridized carbons (Fsp3) is 0.944. The number of hydrogen-bond acceptors (Lipinski definition) is 1. The largest absolute Gasteiger partial charge is 0.198 e. The topological polar surface area (TPSA) is 23.8 Å². The molecule has 0 aromatic rings. The zero-order valence-corrected chi connectivity index (χ0v) is 13.0. The van der Waals surface area contributed by atoms with Crippen LogP contribution in [0.15, 0.2) is 0 Å². The average Bonchev–Trinajstić information content (AvgIpc) is 2.48. The van der Waals surface area contributed by atoms with Crippen molar-refractivity contribution >= 4 is 0 Å². The maximum Gasteiger partial charge on any atom is 0.0689 e. The Morgan fingerprint density at radius 1 is 1.05 bits per heavy atom. The van der Waals surface area contributed by atoms with Crippen LogP contribution >= 0.6 is 0 Å². The van der Waals surface area contributed by atoms with Crippen molar-refractivity contribution in [2.24, 2.45) is 23.2 Å². The van der Waals surface area contributed by atoms with Crippen molar-refractivity contribution in [3.63, 3.8) is 0 Å². The van der Waals surface area contributed by atoms with Crippen molar-refractivity contribution < 1.29 is 0 Å². The standard InChI is InChI=1S/C18H31N/c1-3-6-15-8-10-16(11-9-15)17-7-5-12-18(4-2,13-17)14-19/h15-17H,3-13H2,1-2H3/t15-,16-,17?,18?. The summed E-state index contributed by atoms with van der Waals surface area (Å²) < 4.78 is 0. The molecule has 1 nitrogen and oxygen atoms in total. The lowest BCUT2D eigenvalue weighted by molar-refractivity contribution is 0.107. The van der Waals surface area contributed by atoms with Gasteiger partial charge in [-0.05, 0) is 49.9 Å². The second-order valence-corrected chi connectivity index (χ2v) is 7.17. The summed E-state index contributed by atoms with van der Waals surface area (Å²) in [6.45, 7) is 4.53. The Morgan fingerprint density at radius 2 is 1.79 bits per heavy atom. The van der Waals surface area contributed by atoms with Gasteiger partial charge in [-0.3, -0.25) is 0 Å². The number of nitriles is 1. The Hall–Kier alpha value is -0.510. The lowest BCUT2D eigenvalue weighted by Crippen LogP contribution is -2.32. The number of rotatable bonds is 4. The van der Waals surface area contributed by atoms with E-state index in [0.29, 0.717) is 0 Å². The van der Waals surface area contributed by atoms with Crippen LogP contribution in [0.5, 0.6) is 0 Å². The summed E-state index contributed by atoms with van der Waals surface area (Å²) in [5, 5.41) is 9.52. The fourth-order valence-electron chi connectivity index (χ4n) is 4.67. The predicted octanol–water partition coefficient (Wildman–Crippen LogP) is 5.70. The molecule has 108 valence electrons. The first kappa shape index (κ1) is 14.9. The van der Waals surface area contributed by atoms with E-state index in [9.17, 15) is 5.26 Å². The Labute approximate surface area is 119 Å². The predicted molar refractivity (Wildman–Crippen MR) is 80.7 cm³/mol. The maximum absolute atomic E-state index is 9.52. The van der Waals surface area contributed by atoms with Crippen molar-refractivity contribution in [3.05, 3.63) is 0 Å². The zero-order chi connectivity index (χ0) is 13.7. The molecule has 0 aromatic heterocycles. The monoisotopic (exact) mass is 261 g/mol. The maximum atomic E-state index is 9.52. The zero-order valence-electron chi connectivity index (χ0n) is 13.0. The van der Waals surface area contributed by atoms with Crippen LogP contribution in [-0.4, -0.2) is 0 Å². The molecule has 0 N–H and O–H groups in total. The summed E-state index contributed by atoms with van der Waals surface area (Å²) in [5.74, 6) is 2.81. The summed E-state index contributed by atoms with van der Waals surface area (Å²) in [6.07, 6.45) is 14.7. The lowest BCUT2D eigenvalue weighted by Gasteiger charge is -2.41. The van der Waals surface area contributed by atoms with Crippen LogP contribution < -0.4 is 0 Å². The van der Waals surface area contributed by atoms with Gasteiger partial charge >= 0.3 is 0 Å². The normalized spacial score (nSPS) is 39.7. The van der Waals surface area contributed by atoms with Gasteiger partial charge in [0.2, 0.25) is 0 Å². The minimum absolute atomic E-state index is 0.0309. The highest BCUT2D eigenvalue weighted by atomic mass is 14.4. The SMILES string of the molecule is CCC[C@H]1CC[C@H](C2CCCC(C#N)(CC)C2)CC1. The van der Waals surface area contributed by atoms with E-state index in [0.717, 1.165) is 30.6 Å². The van der Waals surface area contributed by atoms with Crippen LogP contribution in [0.25, 0.3) is 0 Å². The summed E-state index contributed by atoms with van der Waals surface area (Å²) in [5.41, 5.74) is 0.0309. The number of nitrogens with zero attached hydrogens (tertiary/aromatic N) is 1. The van der Waals surface area contributed by atoms with Crippen LogP contribution in [0.3, 0.4) is 0 Å². The van der Waals surface area contributed by atoms with E-state index in [1.54, 1.807) is 0 Å². The summed E-state index contributed by atoms with van der Waals surface area (Å²) >= 11 is 0. The molecule has 0 bridgehead atoms. The molecule has 0 heterocycles. The van der Waals surface area contributed by atoms with Gasteiger partial charge in [0, 0.05) is 0 Å². The first-order chi connectivity index (χ1) is 9.23. The van der Waals surface area contributed by atoms with Gasteiger partial charge in [0.1, 0.15) is 0 Å². The first-order valence-electron chi connectivity index (χ1n) is 8.64. The molecule has 0 amide bonds. The highest BCUT2D eigenvalue weighted by molar-refractivity contribution is 5.02. The van der Waals surface area contributed by atoms with Gasteiger partial charge in [0.05, 0.1) is 11.5 Å². The van der Waals surface area contributed by atoms with E-state index in [4.69, 9.17) is 0 Å². The molecule has 2 rings (SSSR count). The third-order valence-electron chi connectivity index (χ3n) is 6.05. The molecule has 0 saturated heterocycles. The molecule has 0 aliphatic heterocycles. The third kappa shape index (κ3) is 3.53. The van der Waals surface area contributed by atoms with Gasteiger partial charge in [-0.25, -0.2) is 0 Å². The summed E-state index contributed by atoms with van der Waals surface area (Å²) in [6, 6.07) is 2.67. The van der Waals surface area contributed by atoms with Crippen LogP contribution in [0.2, 0.25) is 0 Å². The lowest BCUT2D eigenvalue weighted by atomic mass is 9.63. The van der Waals surface area contributed by atoms with Crippen molar-refractivity contribution in [2.45, 2.75) is 84.5 Å². The second kappa shape index (κ2) is 6.78. The molecule has 2 saturated carbocycles. The second-order valence-electron chi connectivity index (χ2n) is 7.17. The summed E-state index contributed by atoms with van der Waals surface area (Å²) in [4.78, 5) is 0. The van der Waals surface area contributed by atoms with Gasteiger partial charge in [-0.2, -0.15) is 5.26 Å². The van der Waals surface area contributed by atoms with Crippen LogP contribution in [0, 0.1) is 34.5 Å². The van der Waals surface area contributed by atoms with Crippen molar-refractivity contribution in [3.8, 4) is 6.07 Å². The van der Waals surface area contributed by atoms with E-state index in [2.05, 4.69) is 19.9 Å². The van der Waals surface area contributed by atoms with Crippen LogP contribution in [0.4, 0.5) is 0 Å². The van der Waals surface area contributed by atoms with E-state index >= 15 is 0 Å². The Bertz CT molecular complexity index is 308. The molecule has 2 atom stereocenters. The quantitative estimate of drug-likeness (QED) is 0.636. The summed E-state index contributed by atoms with van der Waals surface area (Å²) in [7, 11) is 0. The molecule has 2 aliphatic carbocycles. The van der Waals surface area contributed by atoms with Gasteiger partial charge in [-0.15, -0.1) is 0 Å². The van der Waals surface area contributed by atoms with Gasteiger partial charge < -0.3 is 0 Å². The molecule has 0 aromatic carbocycles. The number of hydrogen-bond donors (Lipinski definition) is 0. The fourth-order valence-corrected chi connectivity index (χ4v) is 4.67. The van der Waals surface area contributed by atoms with Gasteiger partial charge in [-0.1, -0.05) is 52.4 Å². The van der Waals surface area contributed by atoms with E-state index in [1.807, 2.05) is 0 Å². The van der Waals surface area contributed by atoms with Crippen molar-refractivity contribution in [2.75, 3.05) is 0 Å². The molecule has 2 fully saturated rings. The third-order valence-corrected chi connectivity index (χ3v) is 6.05. The van der Waals surface area contributed by atoms with Crippen LogP contribution in [-0.2, 0) is 0 Å². The molecule has 2 aliphatic rings. The first-order valence-corrected chi connectivity index (χ1v) is 8.64. The smallest absolute Gasteiger partial charge is 0.0689 e. The van der Waals surface area contributed by atoms with Gasteiger partial charge in [0.15, 0.2) is 0 Å². The molecule has 19 heavy (non-hydrogen) atoms. The Kier molecular flexibility index (Phi) is 5.31. The van der Waals surface area contributed by atoms with E-state index in [-0.39, 0.29) is 5.41 Å². The minimum Gasteiger partial charge on any atom is -0.198 e. The highest BCUT2D eigenvalue weighted by Gasteiger charge is 2.38. The van der Waals surface area contributed by atoms with Crippen molar-refractivity contribution in [1.29, 1.82) is 5.26 Å². The molecule has 2 unspecified atom stereocenters. The van der Waals surface area contributed by atoms with Crippen LogP contribution in [0.1, 0.15) is 84.5 Å². The average molecular weight is 261 g/mol. The Morgan fingerprint density at radius 3 is 2.37 bits per heavy atom. The molecular formula is C18H31N.